The van der Waals surface area contributed by atoms with Crippen LogP contribution in [0, 0.1) is 11.3 Å². The summed E-state index contributed by atoms with van der Waals surface area (Å²) < 4.78 is 0. The van der Waals surface area contributed by atoms with Gasteiger partial charge in [0, 0.05) is 24.5 Å². The van der Waals surface area contributed by atoms with Gasteiger partial charge in [-0.1, -0.05) is 26.7 Å². The van der Waals surface area contributed by atoms with E-state index in [9.17, 15) is 4.79 Å². The molecule has 0 aromatic carbocycles. The van der Waals surface area contributed by atoms with Gasteiger partial charge in [0.25, 0.3) is 0 Å². The van der Waals surface area contributed by atoms with E-state index in [2.05, 4.69) is 13.8 Å². The summed E-state index contributed by atoms with van der Waals surface area (Å²) in [5.74, 6) is 1.00. The monoisotopic (exact) mass is 274 g/mol. The number of halogens is 1. The molecule has 2 fully saturated rings. The lowest BCUT2D eigenvalue weighted by atomic mass is 9.77. The van der Waals surface area contributed by atoms with Gasteiger partial charge in [0.1, 0.15) is 0 Å². The predicted molar refractivity (Wildman–Crippen MR) is 76.8 cm³/mol. The first-order chi connectivity index (χ1) is 8.03. The fourth-order valence-electron chi connectivity index (χ4n) is 3.65. The van der Waals surface area contributed by atoms with Crippen LogP contribution in [0.5, 0.6) is 0 Å². The standard InChI is InChI=1S/C14H26N2O.ClH/c1-11(2)9-14(6-3-4-7-14)13(17)16-8-5-12(15)10-16;/h11-12H,3-10,15H2,1-2H3;1H/t12-;/m0./s1. The Morgan fingerprint density at radius 1 is 1.39 bits per heavy atom. The van der Waals surface area contributed by atoms with E-state index < -0.39 is 0 Å². The van der Waals surface area contributed by atoms with Crippen molar-refractivity contribution < 1.29 is 4.79 Å². The summed E-state index contributed by atoms with van der Waals surface area (Å²) in [5.41, 5.74) is 5.87. The third-order valence-electron chi connectivity index (χ3n) is 4.33. The summed E-state index contributed by atoms with van der Waals surface area (Å²) >= 11 is 0. The Kier molecular flexibility index (Phi) is 5.47. The van der Waals surface area contributed by atoms with Gasteiger partial charge in [-0.15, -0.1) is 12.4 Å². The van der Waals surface area contributed by atoms with Crippen molar-refractivity contribution in [3.63, 3.8) is 0 Å². The molecule has 1 aliphatic heterocycles. The van der Waals surface area contributed by atoms with Crippen LogP contribution in [-0.2, 0) is 4.79 Å². The second-order valence-electron chi connectivity index (χ2n) is 6.39. The lowest BCUT2D eigenvalue weighted by molar-refractivity contribution is -0.141. The first-order valence-corrected chi connectivity index (χ1v) is 7.08. The molecular formula is C14H27ClN2O. The van der Waals surface area contributed by atoms with Gasteiger partial charge in [0.2, 0.25) is 5.91 Å². The normalized spacial score (nSPS) is 26.4. The van der Waals surface area contributed by atoms with Crippen LogP contribution >= 0.6 is 12.4 Å². The molecule has 2 N–H and O–H groups in total. The predicted octanol–water partition coefficient (Wildman–Crippen LogP) is 2.57. The van der Waals surface area contributed by atoms with Gasteiger partial charge in [0.05, 0.1) is 0 Å². The SMILES string of the molecule is CC(C)CC1(C(=O)N2CC[C@H](N)C2)CCCC1.Cl. The second-order valence-corrected chi connectivity index (χ2v) is 6.39. The van der Waals surface area contributed by atoms with Crippen LogP contribution in [0.25, 0.3) is 0 Å². The maximum absolute atomic E-state index is 12.7. The summed E-state index contributed by atoms with van der Waals surface area (Å²) in [6.45, 7) is 6.10. The van der Waals surface area contributed by atoms with E-state index in [-0.39, 0.29) is 23.9 Å². The minimum absolute atomic E-state index is 0. The molecule has 4 heteroatoms. The minimum atomic E-state index is -0.0434. The van der Waals surface area contributed by atoms with E-state index in [4.69, 9.17) is 5.73 Å². The second kappa shape index (κ2) is 6.25. The molecule has 1 saturated carbocycles. The Bertz CT molecular complexity index is 288. The number of likely N-dealkylation sites (tertiary alicyclic amines) is 1. The summed E-state index contributed by atoms with van der Waals surface area (Å²) in [5, 5.41) is 0. The molecule has 106 valence electrons. The van der Waals surface area contributed by atoms with Crippen molar-refractivity contribution in [2.24, 2.45) is 17.1 Å². The number of nitrogens with zero attached hydrogens (tertiary/aromatic N) is 1. The van der Waals surface area contributed by atoms with Gasteiger partial charge < -0.3 is 10.6 Å². The molecule has 1 saturated heterocycles. The van der Waals surface area contributed by atoms with Crippen molar-refractivity contribution in [1.29, 1.82) is 0 Å². The van der Waals surface area contributed by atoms with Crippen LogP contribution in [0.4, 0.5) is 0 Å². The van der Waals surface area contributed by atoms with Crippen molar-refractivity contribution in [2.75, 3.05) is 13.1 Å². The number of carbonyl (C=O) groups is 1. The van der Waals surface area contributed by atoms with Crippen molar-refractivity contribution in [3.8, 4) is 0 Å². The van der Waals surface area contributed by atoms with Crippen LogP contribution in [0.2, 0.25) is 0 Å². The molecule has 1 atom stereocenters. The lowest BCUT2D eigenvalue weighted by Gasteiger charge is -2.33. The Labute approximate surface area is 117 Å². The molecule has 0 bridgehead atoms. The summed E-state index contributed by atoms with van der Waals surface area (Å²) in [7, 11) is 0. The van der Waals surface area contributed by atoms with Gasteiger partial charge in [-0.3, -0.25) is 4.79 Å². The van der Waals surface area contributed by atoms with Crippen LogP contribution in [-0.4, -0.2) is 29.9 Å². The number of hydrogen-bond acceptors (Lipinski definition) is 2. The Morgan fingerprint density at radius 2 is 2.00 bits per heavy atom. The topological polar surface area (TPSA) is 46.3 Å². The number of nitrogens with two attached hydrogens (primary N) is 1. The number of hydrogen-bond donors (Lipinski definition) is 1. The van der Waals surface area contributed by atoms with Crippen molar-refractivity contribution in [1.82, 2.24) is 4.90 Å². The van der Waals surface area contributed by atoms with Crippen molar-refractivity contribution >= 4 is 18.3 Å². The maximum atomic E-state index is 12.7. The van der Waals surface area contributed by atoms with Crippen LogP contribution in [0.3, 0.4) is 0 Å². The first-order valence-electron chi connectivity index (χ1n) is 7.08. The highest BCUT2D eigenvalue weighted by Crippen LogP contribution is 2.45. The minimum Gasteiger partial charge on any atom is -0.341 e. The largest absolute Gasteiger partial charge is 0.341 e. The van der Waals surface area contributed by atoms with Crippen molar-refractivity contribution in [2.45, 2.75) is 58.4 Å². The average molecular weight is 275 g/mol. The zero-order valence-corrected chi connectivity index (χ0v) is 12.5. The molecule has 1 aliphatic carbocycles. The third kappa shape index (κ3) is 3.18. The summed E-state index contributed by atoms with van der Waals surface area (Å²) in [6.07, 6.45) is 6.66. The highest BCUT2D eigenvalue weighted by Gasteiger charge is 2.44. The number of carbonyl (C=O) groups excluding carboxylic acids is 1. The van der Waals surface area contributed by atoms with E-state index in [1.807, 2.05) is 4.90 Å². The lowest BCUT2D eigenvalue weighted by Crippen LogP contribution is -2.43. The van der Waals surface area contributed by atoms with Gasteiger partial charge in [-0.05, 0) is 31.6 Å². The molecule has 2 aliphatic rings. The third-order valence-corrected chi connectivity index (χ3v) is 4.33. The van der Waals surface area contributed by atoms with Gasteiger partial charge >= 0.3 is 0 Å². The number of rotatable bonds is 3. The van der Waals surface area contributed by atoms with Gasteiger partial charge in [0.15, 0.2) is 0 Å². The Morgan fingerprint density at radius 3 is 2.44 bits per heavy atom. The molecule has 2 rings (SSSR count). The van der Waals surface area contributed by atoms with Crippen LogP contribution < -0.4 is 5.73 Å². The molecule has 1 heterocycles. The highest BCUT2D eigenvalue weighted by molar-refractivity contribution is 5.85. The fraction of sp³-hybridized carbons (Fsp3) is 0.929. The number of amides is 1. The molecule has 0 unspecified atom stereocenters. The average Bonchev–Trinajstić information content (AvgIpc) is 2.86. The molecule has 0 spiro atoms. The molecule has 3 nitrogen and oxygen atoms in total. The maximum Gasteiger partial charge on any atom is 0.228 e. The fourth-order valence-corrected chi connectivity index (χ4v) is 3.65. The zero-order chi connectivity index (χ0) is 12.5. The van der Waals surface area contributed by atoms with E-state index in [0.29, 0.717) is 11.8 Å². The Balaban J connectivity index is 0.00000162. The van der Waals surface area contributed by atoms with Gasteiger partial charge in [-0.25, -0.2) is 0 Å². The van der Waals surface area contributed by atoms with Crippen molar-refractivity contribution in [3.05, 3.63) is 0 Å². The van der Waals surface area contributed by atoms with Crippen LogP contribution in [0.1, 0.15) is 52.4 Å². The molecule has 0 radical (unpaired) electrons. The molecule has 1 amide bonds. The molecule has 18 heavy (non-hydrogen) atoms. The Hall–Kier alpha value is -0.280. The van der Waals surface area contributed by atoms with E-state index in [1.165, 1.54) is 12.8 Å². The summed E-state index contributed by atoms with van der Waals surface area (Å²) in [6, 6.07) is 0.205. The quantitative estimate of drug-likeness (QED) is 0.860. The van der Waals surface area contributed by atoms with E-state index in [1.54, 1.807) is 0 Å². The van der Waals surface area contributed by atoms with E-state index in [0.717, 1.165) is 38.8 Å². The summed E-state index contributed by atoms with van der Waals surface area (Å²) in [4.78, 5) is 14.7. The first kappa shape index (κ1) is 15.8. The smallest absolute Gasteiger partial charge is 0.228 e. The molecular weight excluding hydrogens is 248 g/mol. The van der Waals surface area contributed by atoms with E-state index >= 15 is 0 Å². The van der Waals surface area contributed by atoms with Gasteiger partial charge in [-0.2, -0.15) is 0 Å². The highest BCUT2D eigenvalue weighted by atomic mass is 35.5. The molecule has 0 aromatic heterocycles. The van der Waals surface area contributed by atoms with Crippen LogP contribution in [0.15, 0.2) is 0 Å². The zero-order valence-electron chi connectivity index (χ0n) is 11.7. The molecule has 0 aromatic rings.